The van der Waals surface area contributed by atoms with Gasteiger partial charge in [-0.25, -0.2) is 4.98 Å². The van der Waals surface area contributed by atoms with E-state index in [-0.39, 0.29) is 17.9 Å². The number of carbonyl (C=O) groups excluding carboxylic acids is 1. The Balaban J connectivity index is 1.78. The van der Waals surface area contributed by atoms with E-state index in [4.69, 9.17) is 32.7 Å². The van der Waals surface area contributed by atoms with Gasteiger partial charge in [-0.2, -0.15) is 0 Å². The monoisotopic (exact) mass is 352 g/mol. The summed E-state index contributed by atoms with van der Waals surface area (Å²) in [6.07, 6.45) is 2.27. The van der Waals surface area contributed by atoms with Gasteiger partial charge in [0.2, 0.25) is 5.88 Å². The molecule has 1 aliphatic rings. The van der Waals surface area contributed by atoms with Gasteiger partial charge in [0.1, 0.15) is 11.7 Å². The second kappa shape index (κ2) is 7.17. The molecule has 1 atom stereocenters. The molecule has 0 radical (unpaired) electrons. The van der Waals surface area contributed by atoms with Crippen LogP contribution in [0.5, 0.6) is 5.88 Å². The maximum Gasteiger partial charge on any atom is 0.261 e. The molecule has 3 rings (SSSR count). The SMILES string of the molecule is O=C(Nc1cc(Cl)cc(Cl)c1)c1cccnc1OC1CCOC1. The van der Waals surface area contributed by atoms with Crippen LogP contribution in [-0.2, 0) is 4.74 Å². The van der Waals surface area contributed by atoms with E-state index in [0.717, 1.165) is 6.42 Å². The first-order chi connectivity index (χ1) is 11.1. The van der Waals surface area contributed by atoms with Gasteiger partial charge in [-0.3, -0.25) is 4.79 Å². The molecule has 7 heteroatoms. The molecule has 23 heavy (non-hydrogen) atoms. The standard InChI is InChI=1S/C16H14Cl2N2O3/c17-10-6-11(18)8-12(7-10)20-15(21)14-2-1-4-19-16(14)23-13-3-5-22-9-13/h1-2,4,6-8,13H,3,5,9H2,(H,20,21). The number of nitrogens with zero attached hydrogens (tertiary/aromatic N) is 1. The van der Waals surface area contributed by atoms with Gasteiger partial charge in [-0.05, 0) is 30.3 Å². The minimum Gasteiger partial charge on any atom is -0.471 e. The number of amides is 1. The Kier molecular flexibility index (Phi) is 5.00. The molecule has 1 aromatic heterocycles. The molecule has 0 aliphatic carbocycles. The third-order valence-corrected chi connectivity index (χ3v) is 3.74. The normalized spacial score (nSPS) is 17.0. The van der Waals surface area contributed by atoms with Gasteiger partial charge >= 0.3 is 0 Å². The Morgan fingerprint density at radius 2 is 2.09 bits per heavy atom. The van der Waals surface area contributed by atoms with Crippen molar-refractivity contribution in [1.29, 1.82) is 0 Å². The highest BCUT2D eigenvalue weighted by molar-refractivity contribution is 6.35. The minimum absolute atomic E-state index is 0.0861. The molecule has 1 amide bonds. The first-order valence-electron chi connectivity index (χ1n) is 7.08. The number of carbonyl (C=O) groups is 1. The molecule has 1 aromatic carbocycles. The van der Waals surface area contributed by atoms with Crippen LogP contribution in [0.4, 0.5) is 5.69 Å². The van der Waals surface area contributed by atoms with Gasteiger partial charge in [-0.15, -0.1) is 0 Å². The predicted octanol–water partition coefficient (Wildman–Crippen LogP) is 3.81. The van der Waals surface area contributed by atoms with E-state index in [1.165, 1.54) is 0 Å². The molecule has 1 saturated heterocycles. The van der Waals surface area contributed by atoms with E-state index < -0.39 is 0 Å². The fraction of sp³-hybridized carbons (Fsp3) is 0.250. The second-order valence-corrected chi connectivity index (χ2v) is 5.94. The first-order valence-corrected chi connectivity index (χ1v) is 7.84. The predicted molar refractivity (Wildman–Crippen MR) is 88.5 cm³/mol. The van der Waals surface area contributed by atoms with Crippen molar-refractivity contribution >= 4 is 34.8 Å². The summed E-state index contributed by atoms with van der Waals surface area (Å²) in [5.41, 5.74) is 0.849. The fourth-order valence-corrected chi connectivity index (χ4v) is 2.77. The quantitative estimate of drug-likeness (QED) is 0.908. The highest BCUT2D eigenvalue weighted by atomic mass is 35.5. The van der Waals surface area contributed by atoms with Gasteiger partial charge in [0.15, 0.2) is 0 Å². The van der Waals surface area contributed by atoms with Crippen LogP contribution in [0.1, 0.15) is 16.8 Å². The number of halogens is 2. The molecule has 2 aromatic rings. The highest BCUT2D eigenvalue weighted by Crippen LogP contribution is 2.24. The maximum atomic E-state index is 12.5. The van der Waals surface area contributed by atoms with Gasteiger partial charge in [0, 0.05) is 28.4 Å². The van der Waals surface area contributed by atoms with Crippen LogP contribution in [0.15, 0.2) is 36.5 Å². The zero-order valence-corrected chi connectivity index (χ0v) is 13.6. The van der Waals surface area contributed by atoms with E-state index in [0.29, 0.717) is 34.5 Å². The highest BCUT2D eigenvalue weighted by Gasteiger charge is 2.21. The fourth-order valence-electron chi connectivity index (χ4n) is 2.25. The van der Waals surface area contributed by atoms with Crippen LogP contribution in [0.2, 0.25) is 10.0 Å². The summed E-state index contributed by atoms with van der Waals surface area (Å²) < 4.78 is 11.0. The lowest BCUT2D eigenvalue weighted by Gasteiger charge is -2.14. The zero-order chi connectivity index (χ0) is 16.2. The van der Waals surface area contributed by atoms with Crippen molar-refractivity contribution in [3.8, 4) is 5.88 Å². The number of rotatable bonds is 4. The van der Waals surface area contributed by atoms with Crippen molar-refractivity contribution in [2.45, 2.75) is 12.5 Å². The molecule has 0 spiro atoms. The second-order valence-electron chi connectivity index (χ2n) is 5.07. The van der Waals surface area contributed by atoms with Gasteiger partial charge < -0.3 is 14.8 Å². The average molecular weight is 353 g/mol. The summed E-state index contributed by atoms with van der Waals surface area (Å²) in [5.74, 6) is -0.0565. The van der Waals surface area contributed by atoms with Crippen LogP contribution >= 0.6 is 23.2 Å². The number of hydrogen-bond donors (Lipinski definition) is 1. The third-order valence-electron chi connectivity index (χ3n) is 3.30. The molecule has 0 saturated carbocycles. The molecular weight excluding hydrogens is 339 g/mol. The largest absolute Gasteiger partial charge is 0.471 e. The number of benzene rings is 1. The van der Waals surface area contributed by atoms with Crippen LogP contribution < -0.4 is 10.1 Å². The lowest BCUT2D eigenvalue weighted by molar-refractivity contribution is 0.101. The number of nitrogens with one attached hydrogen (secondary N) is 1. The van der Waals surface area contributed by atoms with Gasteiger partial charge in [-0.1, -0.05) is 23.2 Å². The summed E-state index contributed by atoms with van der Waals surface area (Å²) in [7, 11) is 0. The average Bonchev–Trinajstić information content (AvgIpc) is 2.99. The lowest BCUT2D eigenvalue weighted by Crippen LogP contribution is -2.20. The number of hydrogen-bond acceptors (Lipinski definition) is 4. The van der Waals surface area contributed by atoms with Crippen molar-refractivity contribution in [3.63, 3.8) is 0 Å². The molecular formula is C16H14Cl2N2O3. The van der Waals surface area contributed by atoms with Gasteiger partial charge in [0.05, 0.1) is 13.2 Å². The van der Waals surface area contributed by atoms with Crippen LogP contribution in [0.3, 0.4) is 0 Å². The molecule has 1 aliphatic heterocycles. The third kappa shape index (κ3) is 4.13. The van der Waals surface area contributed by atoms with E-state index in [1.807, 2.05) is 0 Å². The maximum absolute atomic E-state index is 12.5. The Morgan fingerprint density at radius 3 is 2.78 bits per heavy atom. The minimum atomic E-state index is -0.342. The number of pyridine rings is 1. The molecule has 120 valence electrons. The molecule has 1 unspecified atom stereocenters. The number of ether oxygens (including phenoxy) is 2. The smallest absolute Gasteiger partial charge is 0.261 e. The van der Waals surface area contributed by atoms with Crippen molar-refractivity contribution in [2.75, 3.05) is 18.5 Å². The zero-order valence-electron chi connectivity index (χ0n) is 12.1. The topological polar surface area (TPSA) is 60.5 Å². The summed E-state index contributed by atoms with van der Waals surface area (Å²) in [5, 5.41) is 3.63. The first kappa shape index (κ1) is 16.1. The van der Waals surface area contributed by atoms with Crippen molar-refractivity contribution in [3.05, 3.63) is 52.1 Å². The van der Waals surface area contributed by atoms with Gasteiger partial charge in [0.25, 0.3) is 5.91 Å². The number of aromatic nitrogens is 1. The Labute approximate surface area is 143 Å². The van der Waals surface area contributed by atoms with Crippen molar-refractivity contribution in [1.82, 2.24) is 4.98 Å². The van der Waals surface area contributed by atoms with E-state index >= 15 is 0 Å². The van der Waals surface area contributed by atoms with E-state index in [9.17, 15) is 4.79 Å². The van der Waals surface area contributed by atoms with Crippen molar-refractivity contribution in [2.24, 2.45) is 0 Å². The van der Waals surface area contributed by atoms with Crippen LogP contribution in [0.25, 0.3) is 0 Å². The molecule has 2 heterocycles. The molecule has 5 nitrogen and oxygen atoms in total. The lowest BCUT2D eigenvalue weighted by atomic mass is 10.2. The van der Waals surface area contributed by atoms with E-state index in [1.54, 1.807) is 36.5 Å². The Bertz CT molecular complexity index is 698. The Morgan fingerprint density at radius 1 is 1.30 bits per heavy atom. The summed E-state index contributed by atoms with van der Waals surface area (Å²) in [6.45, 7) is 1.15. The summed E-state index contributed by atoms with van der Waals surface area (Å²) in [4.78, 5) is 16.6. The van der Waals surface area contributed by atoms with Crippen molar-refractivity contribution < 1.29 is 14.3 Å². The van der Waals surface area contributed by atoms with E-state index in [2.05, 4.69) is 10.3 Å². The van der Waals surface area contributed by atoms with Crippen LogP contribution in [0, 0.1) is 0 Å². The molecule has 0 bridgehead atoms. The van der Waals surface area contributed by atoms with Crippen LogP contribution in [-0.4, -0.2) is 30.2 Å². The molecule has 1 fully saturated rings. The Hall–Kier alpha value is -1.82. The molecule has 1 N–H and O–H groups in total. The summed E-state index contributed by atoms with van der Waals surface area (Å²) in [6, 6.07) is 8.16. The summed E-state index contributed by atoms with van der Waals surface area (Å²) >= 11 is 11.9. The number of anilines is 1.